The summed E-state index contributed by atoms with van der Waals surface area (Å²) >= 11 is 1.59. The van der Waals surface area contributed by atoms with E-state index in [0.29, 0.717) is 19.4 Å². The van der Waals surface area contributed by atoms with E-state index < -0.39 is 0 Å². The number of benzene rings is 1. The van der Waals surface area contributed by atoms with Gasteiger partial charge < -0.3 is 4.74 Å². The van der Waals surface area contributed by atoms with Crippen LogP contribution in [0.1, 0.15) is 18.9 Å². The molecule has 3 rings (SSSR count). The van der Waals surface area contributed by atoms with E-state index in [9.17, 15) is 9.59 Å². The van der Waals surface area contributed by atoms with Gasteiger partial charge in [-0.15, -0.1) is 11.8 Å². The number of aromatic nitrogens is 1. The molecule has 0 spiro atoms. The van der Waals surface area contributed by atoms with Gasteiger partial charge in [-0.25, -0.2) is 0 Å². The predicted octanol–water partition coefficient (Wildman–Crippen LogP) is 2.81. The molecule has 1 aromatic carbocycles. The lowest BCUT2D eigenvalue weighted by atomic mass is 10.1. The molecule has 5 heteroatoms. The molecule has 2 heterocycles. The van der Waals surface area contributed by atoms with Crippen molar-refractivity contribution < 1.29 is 9.53 Å². The van der Waals surface area contributed by atoms with Gasteiger partial charge >= 0.3 is 5.97 Å². The number of rotatable bonds is 4. The lowest BCUT2D eigenvalue weighted by molar-refractivity contribution is -0.143. The van der Waals surface area contributed by atoms with Crippen molar-refractivity contribution in [3.05, 3.63) is 58.5 Å². The van der Waals surface area contributed by atoms with Gasteiger partial charge in [-0.2, -0.15) is 0 Å². The summed E-state index contributed by atoms with van der Waals surface area (Å²) in [4.78, 5) is 25.2. The molecule has 1 unspecified atom stereocenters. The maximum atomic E-state index is 12.7. The summed E-state index contributed by atoms with van der Waals surface area (Å²) in [6.45, 7) is 2.19. The Hall–Kier alpha value is -2.01. The number of hydrogen-bond acceptors (Lipinski definition) is 4. The van der Waals surface area contributed by atoms with E-state index in [1.807, 2.05) is 36.4 Å². The van der Waals surface area contributed by atoms with Crippen LogP contribution in [0.3, 0.4) is 0 Å². The highest BCUT2D eigenvalue weighted by atomic mass is 32.2. The number of carbonyl (C=O) groups is 1. The van der Waals surface area contributed by atoms with E-state index in [0.717, 1.165) is 16.1 Å². The zero-order chi connectivity index (χ0) is 15.5. The Bertz CT molecular complexity index is 739. The van der Waals surface area contributed by atoms with Gasteiger partial charge in [0.15, 0.2) is 0 Å². The van der Waals surface area contributed by atoms with E-state index in [-0.39, 0.29) is 16.8 Å². The van der Waals surface area contributed by atoms with Crippen LogP contribution in [0.25, 0.3) is 5.69 Å². The second kappa shape index (κ2) is 6.40. The zero-order valence-electron chi connectivity index (χ0n) is 12.3. The molecule has 0 radical (unpaired) electrons. The summed E-state index contributed by atoms with van der Waals surface area (Å²) in [6, 6.07) is 11.5. The van der Waals surface area contributed by atoms with Crippen molar-refractivity contribution >= 4 is 17.7 Å². The maximum absolute atomic E-state index is 12.7. The molecule has 1 atom stereocenters. The van der Waals surface area contributed by atoms with Crippen molar-refractivity contribution in [1.82, 2.24) is 4.57 Å². The van der Waals surface area contributed by atoms with Crippen molar-refractivity contribution in [1.29, 1.82) is 0 Å². The number of fused-ring (bicyclic) bond motifs is 1. The number of nitrogens with zero attached hydrogens (tertiary/aromatic N) is 1. The zero-order valence-corrected chi connectivity index (χ0v) is 13.1. The molecule has 22 heavy (non-hydrogen) atoms. The first-order chi connectivity index (χ1) is 10.7. The van der Waals surface area contributed by atoms with E-state index in [2.05, 4.69) is 0 Å². The Balaban J connectivity index is 1.84. The van der Waals surface area contributed by atoms with E-state index in [4.69, 9.17) is 4.74 Å². The van der Waals surface area contributed by atoms with Crippen LogP contribution in [-0.2, 0) is 16.0 Å². The van der Waals surface area contributed by atoms with E-state index >= 15 is 0 Å². The van der Waals surface area contributed by atoms with Crippen LogP contribution in [0.4, 0.5) is 0 Å². The minimum absolute atomic E-state index is 0.00237. The van der Waals surface area contributed by atoms with Crippen LogP contribution in [0.2, 0.25) is 0 Å². The number of thioether (sulfide) groups is 1. The third-order valence-corrected chi connectivity index (χ3v) is 4.91. The Morgan fingerprint density at radius 1 is 1.32 bits per heavy atom. The molecule has 1 aliphatic rings. The molecular weight excluding hydrogens is 298 g/mol. The number of carbonyl (C=O) groups excluding carboxylic acids is 1. The summed E-state index contributed by atoms with van der Waals surface area (Å²) < 4.78 is 6.65. The largest absolute Gasteiger partial charge is 0.466 e. The number of esters is 1. The first-order valence-electron chi connectivity index (χ1n) is 7.31. The second-order valence-electron chi connectivity index (χ2n) is 5.12. The summed E-state index contributed by atoms with van der Waals surface area (Å²) in [7, 11) is 0. The lowest BCUT2D eigenvalue weighted by Crippen LogP contribution is -2.22. The molecule has 0 bridgehead atoms. The van der Waals surface area contributed by atoms with Crippen molar-refractivity contribution in [2.75, 3.05) is 6.61 Å². The SMILES string of the molecule is CCOC(=O)CC1Cc2c(ccn(-c3ccccc3)c2=O)S1. The average molecular weight is 315 g/mol. The Kier molecular flexibility index (Phi) is 4.34. The number of hydrogen-bond donors (Lipinski definition) is 0. The molecule has 0 aliphatic carbocycles. The fourth-order valence-electron chi connectivity index (χ4n) is 2.62. The average Bonchev–Trinajstić information content (AvgIpc) is 2.92. The lowest BCUT2D eigenvalue weighted by Gasteiger charge is -2.07. The van der Waals surface area contributed by atoms with Crippen LogP contribution >= 0.6 is 11.8 Å². The molecule has 0 N–H and O–H groups in total. The van der Waals surface area contributed by atoms with Gasteiger partial charge in [-0.1, -0.05) is 18.2 Å². The van der Waals surface area contributed by atoms with Crippen molar-refractivity contribution in [3.8, 4) is 5.69 Å². The maximum Gasteiger partial charge on any atom is 0.306 e. The summed E-state index contributed by atoms with van der Waals surface area (Å²) in [6.07, 6.45) is 2.76. The van der Waals surface area contributed by atoms with Gasteiger partial charge in [-0.05, 0) is 31.5 Å². The molecule has 2 aromatic rings. The van der Waals surface area contributed by atoms with Gasteiger partial charge in [0.2, 0.25) is 0 Å². The second-order valence-corrected chi connectivity index (χ2v) is 6.46. The Morgan fingerprint density at radius 3 is 2.82 bits per heavy atom. The van der Waals surface area contributed by atoms with Gasteiger partial charge in [0.05, 0.1) is 13.0 Å². The molecule has 0 saturated carbocycles. The van der Waals surface area contributed by atoms with Crippen molar-refractivity contribution in [2.45, 2.75) is 29.9 Å². The topological polar surface area (TPSA) is 48.3 Å². The summed E-state index contributed by atoms with van der Waals surface area (Å²) in [5, 5.41) is 0.0911. The predicted molar refractivity (Wildman–Crippen MR) is 86.6 cm³/mol. The summed E-state index contributed by atoms with van der Waals surface area (Å²) in [5.74, 6) is -0.198. The van der Waals surface area contributed by atoms with Crippen LogP contribution in [-0.4, -0.2) is 22.4 Å². The first-order valence-corrected chi connectivity index (χ1v) is 8.19. The van der Waals surface area contributed by atoms with Gasteiger partial charge in [0.25, 0.3) is 5.56 Å². The fourth-order valence-corrected chi connectivity index (χ4v) is 3.90. The Morgan fingerprint density at radius 2 is 2.09 bits per heavy atom. The van der Waals surface area contributed by atoms with Gasteiger partial charge in [0, 0.05) is 27.6 Å². The van der Waals surface area contributed by atoms with Crippen LogP contribution in [0.5, 0.6) is 0 Å². The molecule has 1 aliphatic heterocycles. The third-order valence-electron chi connectivity index (χ3n) is 3.61. The van der Waals surface area contributed by atoms with Gasteiger partial charge in [-0.3, -0.25) is 14.2 Å². The Labute approximate surface area is 133 Å². The molecule has 0 amide bonds. The third kappa shape index (κ3) is 2.95. The molecule has 0 saturated heterocycles. The van der Waals surface area contributed by atoms with E-state index in [1.165, 1.54) is 0 Å². The smallest absolute Gasteiger partial charge is 0.306 e. The molecule has 1 aromatic heterocycles. The van der Waals surface area contributed by atoms with E-state index in [1.54, 1.807) is 29.4 Å². The quantitative estimate of drug-likeness (QED) is 0.814. The highest BCUT2D eigenvalue weighted by Crippen LogP contribution is 2.37. The molecular formula is C17H17NO3S. The highest BCUT2D eigenvalue weighted by molar-refractivity contribution is 8.00. The molecule has 114 valence electrons. The standard InChI is InChI=1S/C17H17NO3S/c1-2-21-16(19)11-13-10-14-15(22-13)8-9-18(17(14)20)12-6-4-3-5-7-12/h3-9,13H,2,10-11H2,1H3. The van der Waals surface area contributed by atoms with Crippen molar-refractivity contribution in [3.63, 3.8) is 0 Å². The molecule has 0 fully saturated rings. The van der Waals surface area contributed by atoms with Gasteiger partial charge in [0.1, 0.15) is 0 Å². The monoisotopic (exact) mass is 315 g/mol. The van der Waals surface area contributed by atoms with Crippen LogP contribution < -0.4 is 5.56 Å². The highest BCUT2D eigenvalue weighted by Gasteiger charge is 2.28. The van der Waals surface area contributed by atoms with Crippen LogP contribution in [0.15, 0.2) is 52.3 Å². The number of para-hydroxylation sites is 1. The fraction of sp³-hybridized carbons (Fsp3) is 0.294. The summed E-state index contributed by atoms with van der Waals surface area (Å²) in [5.41, 5.74) is 1.65. The number of pyridine rings is 1. The normalized spacial score (nSPS) is 16.3. The minimum Gasteiger partial charge on any atom is -0.466 e. The van der Waals surface area contributed by atoms with Crippen molar-refractivity contribution in [2.24, 2.45) is 0 Å². The molecule has 4 nitrogen and oxygen atoms in total. The first kappa shape index (κ1) is 14.9. The van der Waals surface area contributed by atoms with Crippen LogP contribution in [0, 0.1) is 0 Å². The number of ether oxygens (including phenoxy) is 1. The minimum atomic E-state index is -0.198.